The Labute approximate surface area is 201 Å². The number of carbonyl (C=O) groups is 2. The molecule has 1 aliphatic heterocycles. The average molecular weight is 460 g/mol. The van der Waals surface area contributed by atoms with Gasteiger partial charge in [0.1, 0.15) is 5.75 Å². The molecule has 3 aromatic rings. The van der Waals surface area contributed by atoms with E-state index in [-0.39, 0.29) is 17.9 Å². The number of rotatable bonds is 7. The molecule has 4 rings (SSSR count). The van der Waals surface area contributed by atoms with Gasteiger partial charge >= 0.3 is 0 Å². The van der Waals surface area contributed by atoms with E-state index in [1.54, 1.807) is 7.11 Å². The van der Waals surface area contributed by atoms with E-state index in [0.717, 1.165) is 47.3 Å². The van der Waals surface area contributed by atoms with Crippen LogP contribution < -0.4 is 10.1 Å². The molecule has 1 atom stereocenters. The smallest absolute Gasteiger partial charge is 0.241 e. The van der Waals surface area contributed by atoms with Crippen LogP contribution in [0.1, 0.15) is 25.3 Å². The zero-order valence-corrected chi connectivity index (χ0v) is 20.0. The van der Waals surface area contributed by atoms with Crippen molar-refractivity contribution < 1.29 is 14.3 Å². The Morgan fingerprint density at radius 2 is 1.71 bits per heavy atom. The van der Waals surface area contributed by atoms with Gasteiger partial charge in [-0.3, -0.25) is 14.5 Å². The molecule has 178 valence electrons. The number of methoxy groups -OCH3 is 1. The van der Waals surface area contributed by atoms with Crippen molar-refractivity contribution in [3.63, 3.8) is 0 Å². The van der Waals surface area contributed by atoms with Gasteiger partial charge in [0.2, 0.25) is 11.8 Å². The van der Waals surface area contributed by atoms with Gasteiger partial charge in [0.05, 0.1) is 13.2 Å². The number of fused-ring (bicyclic) bond motifs is 1. The molecule has 0 aromatic heterocycles. The predicted octanol–water partition coefficient (Wildman–Crippen LogP) is 4.34. The molecule has 1 saturated heterocycles. The van der Waals surface area contributed by atoms with Crippen LogP contribution in [0.3, 0.4) is 0 Å². The maximum atomic E-state index is 13.0. The summed E-state index contributed by atoms with van der Waals surface area (Å²) < 4.78 is 5.19. The van der Waals surface area contributed by atoms with Crippen molar-refractivity contribution in [2.24, 2.45) is 0 Å². The van der Waals surface area contributed by atoms with Gasteiger partial charge < -0.3 is 15.0 Å². The highest BCUT2D eigenvalue weighted by Gasteiger charge is 2.26. The molecule has 2 amide bonds. The Kier molecular flexibility index (Phi) is 7.80. The fourth-order valence-corrected chi connectivity index (χ4v) is 4.51. The Balaban J connectivity index is 1.30. The lowest BCUT2D eigenvalue weighted by Gasteiger charge is -2.27. The monoisotopic (exact) mass is 459 g/mol. The minimum absolute atomic E-state index is 0.0179. The molecule has 1 unspecified atom stereocenters. The quantitative estimate of drug-likeness (QED) is 0.571. The van der Waals surface area contributed by atoms with Crippen molar-refractivity contribution in [1.82, 2.24) is 9.80 Å². The van der Waals surface area contributed by atoms with Crippen LogP contribution in [-0.2, 0) is 16.0 Å². The van der Waals surface area contributed by atoms with Crippen LogP contribution in [0.25, 0.3) is 10.8 Å². The van der Waals surface area contributed by atoms with Crippen molar-refractivity contribution in [3.05, 3.63) is 72.3 Å². The molecular weight excluding hydrogens is 426 g/mol. The first kappa shape index (κ1) is 23.8. The van der Waals surface area contributed by atoms with E-state index in [9.17, 15) is 9.59 Å². The summed E-state index contributed by atoms with van der Waals surface area (Å²) in [4.78, 5) is 30.0. The van der Waals surface area contributed by atoms with Gasteiger partial charge in [-0.15, -0.1) is 0 Å². The SMILES string of the molecule is COc1ccc(CCC(=O)N2CCCN(C(C)C(=O)Nc3cccc4ccccc34)CC2)cc1. The van der Waals surface area contributed by atoms with Gasteiger partial charge in [0.15, 0.2) is 0 Å². The summed E-state index contributed by atoms with van der Waals surface area (Å²) in [5, 5.41) is 5.25. The van der Waals surface area contributed by atoms with Crippen molar-refractivity contribution in [3.8, 4) is 5.75 Å². The second-order valence-electron chi connectivity index (χ2n) is 8.81. The fraction of sp³-hybridized carbons (Fsp3) is 0.357. The van der Waals surface area contributed by atoms with Gasteiger partial charge in [-0.05, 0) is 48.9 Å². The fourth-order valence-electron chi connectivity index (χ4n) is 4.51. The minimum Gasteiger partial charge on any atom is -0.497 e. The molecule has 0 spiro atoms. The zero-order chi connectivity index (χ0) is 23.9. The third-order valence-corrected chi connectivity index (χ3v) is 6.64. The molecule has 0 saturated carbocycles. The van der Waals surface area contributed by atoms with Gasteiger partial charge in [-0.2, -0.15) is 0 Å². The number of aryl methyl sites for hydroxylation is 1. The van der Waals surface area contributed by atoms with Gasteiger partial charge in [0.25, 0.3) is 0 Å². The lowest BCUT2D eigenvalue weighted by Crippen LogP contribution is -2.44. The van der Waals surface area contributed by atoms with Crippen LogP contribution in [0.2, 0.25) is 0 Å². The normalized spacial score (nSPS) is 15.5. The highest BCUT2D eigenvalue weighted by molar-refractivity contribution is 6.03. The second-order valence-corrected chi connectivity index (χ2v) is 8.81. The van der Waals surface area contributed by atoms with Crippen molar-refractivity contribution in [2.75, 3.05) is 38.6 Å². The zero-order valence-electron chi connectivity index (χ0n) is 20.0. The highest BCUT2D eigenvalue weighted by atomic mass is 16.5. The molecule has 0 aliphatic carbocycles. The van der Waals surface area contributed by atoms with E-state index in [0.29, 0.717) is 25.9 Å². The number of benzene rings is 3. The first-order chi connectivity index (χ1) is 16.5. The predicted molar refractivity (Wildman–Crippen MR) is 136 cm³/mol. The van der Waals surface area contributed by atoms with Gasteiger partial charge in [0, 0.05) is 43.7 Å². The van der Waals surface area contributed by atoms with E-state index < -0.39 is 0 Å². The Bertz CT molecular complexity index is 1120. The number of anilines is 1. The summed E-state index contributed by atoms with van der Waals surface area (Å²) in [6.07, 6.45) is 2.07. The summed E-state index contributed by atoms with van der Waals surface area (Å²) in [6.45, 7) is 4.81. The number of amides is 2. The van der Waals surface area contributed by atoms with E-state index in [1.165, 1.54) is 0 Å². The maximum absolute atomic E-state index is 13.0. The molecule has 34 heavy (non-hydrogen) atoms. The minimum atomic E-state index is -0.270. The largest absolute Gasteiger partial charge is 0.497 e. The molecule has 1 heterocycles. The van der Waals surface area contributed by atoms with Crippen LogP contribution in [-0.4, -0.2) is 60.9 Å². The lowest BCUT2D eigenvalue weighted by atomic mass is 10.1. The summed E-state index contributed by atoms with van der Waals surface area (Å²) in [7, 11) is 1.65. The van der Waals surface area contributed by atoms with Crippen LogP contribution in [0.5, 0.6) is 5.75 Å². The summed E-state index contributed by atoms with van der Waals surface area (Å²) >= 11 is 0. The summed E-state index contributed by atoms with van der Waals surface area (Å²) in [5.74, 6) is 0.974. The summed E-state index contributed by atoms with van der Waals surface area (Å²) in [6, 6.07) is 21.6. The first-order valence-corrected chi connectivity index (χ1v) is 12.0. The maximum Gasteiger partial charge on any atom is 0.241 e. The van der Waals surface area contributed by atoms with Gasteiger partial charge in [-0.25, -0.2) is 0 Å². The highest BCUT2D eigenvalue weighted by Crippen LogP contribution is 2.23. The van der Waals surface area contributed by atoms with E-state index in [2.05, 4.69) is 10.2 Å². The van der Waals surface area contributed by atoms with Crippen molar-refractivity contribution in [1.29, 1.82) is 0 Å². The molecule has 1 fully saturated rings. The lowest BCUT2D eigenvalue weighted by molar-refractivity contribution is -0.131. The third kappa shape index (κ3) is 5.75. The molecule has 1 N–H and O–H groups in total. The molecule has 3 aromatic carbocycles. The average Bonchev–Trinajstić information content (AvgIpc) is 3.14. The molecule has 6 nitrogen and oxygen atoms in total. The number of nitrogens with zero attached hydrogens (tertiary/aromatic N) is 2. The number of ether oxygens (including phenoxy) is 1. The summed E-state index contributed by atoms with van der Waals surface area (Å²) in [5.41, 5.74) is 1.96. The van der Waals surface area contributed by atoms with Gasteiger partial charge in [-0.1, -0.05) is 48.5 Å². The second kappa shape index (κ2) is 11.2. The molecule has 0 radical (unpaired) electrons. The third-order valence-electron chi connectivity index (χ3n) is 6.64. The van der Waals surface area contributed by atoms with Crippen LogP contribution in [0.4, 0.5) is 5.69 Å². The number of hydrogen-bond acceptors (Lipinski definition) is 4. The Hall–Kier alpha value is -3.38. The number of carbonyl (C=O) groups excluding carboxylic acids is 2. The number of hydrogen-bond donors (Lipinski definition) is 1. The molecular formula is C28H33N3O3. The van der Waals surface area contributed by atoms with E-state index in [4.69, 9.17) is 4.74 Å². The topological polar surface area (TPSA) is 61.9 Å². The Morgan fingerprint density at radius 1 is 0.941 bits per heavy atom. The van der Waals surface area contributed by atoms with Crippen LogP contribution in [0, 0.1) is 0 Å². The molecule has 0 bridgehead atoms. The molecule has 6 heteroatoms. The number of nitrogens with one attached hydrogen (secondary N) is 1. The van der Waals surface area contributed by atoms with E-state index in [1.807, 2.05) is 78.6 Å². The Morgan fingerprint density at radius 3 is 2.50 bits per heavy atom. The molecule has 1 aliphatic rings. The van der Waals surface area contributed by atoms with Crippen LogP contribution in [0.15, 0.2) is 66.7 Å². The first-order valence-electron chi connectivity index (χ1n) is 12.0. The van der Waals surface area contributed by atoms with Crippen LogP contribution >= 0.6 is 0 Å². The standard InChI is InChI=1S/C28H33N3O3/c1-21(28(33)29-26-10-5-8-23-7-3-4-9-25(23)26)30-17-6-18-31(20-19-30)27(32)16-13-22-11-14-24(34-2)15-12-22/h3-5,7-12,14-15,21H,6,13,16-20H2,1-2H3,(H,29,33). The van der Waals surface area contributed by atoms with Crippen molar-refractivity contribution >= 4 is 28.3 Å². The van der Waals surface area contributed by atoms with E-state index >= 15 is 0 Å². The van der Waals surface area contributed by atoms with Crippen molar-refractivity contribution in [2.45, 2.75) is 32.2 Å².